The maximum Gasteiger partial charge on any atom is 0.0815 e. The predicted octanol–water partition coefficient (Wildman–Crippen LogP) is 2.59. The smallest absolute Gasteiger partial charge is 0.0815 e. The average Bonchev–Trinajstić information content (AvgIpc) is 2.12. The van der Waals surface area contributed by atoms with Gasteiger partial charge in [-0.25, -0.2) is 0 Å². The van der Waals surface area contributed by atoms with Gasteiger partial charge in [0.15, 0.2) is 0 Å². The van der Waals surface area contributed by atoms with Crippen molar-refractivity contribution in [3.8, 4) is 0 Å². The highest BCUT2D eigenvalue weighted by atomic mass is 16.7. The van der Waals surface area contributed by atoms with E-state index in [2.05, 4.69) is 25.8 Å². The molecule has 1 saturated heterocycles. The monoisotopic (exact) mass is 171 g/mol. The zero-order valence-electron chi connectivity index (χ0n) is 8.60. The van der Waals surface area contributed by atoms with Crippen LogP contribution in [-0.2, 0) is 4.84 Å². The standard InChI is InChI=1S/C10H21NO/c1-10(2,3)12-11-8-6-4-5-7-9-11/h4-9H2,1-3H3. The van der Waals surface area contributed by atoms with Crippen molar-refractivity contribution >= 4 is 0 Å². The van der Waals surface area contributed by atoms with Gasteiger partial charge in [0.2, 0.25) is 0 Å². The minimum absolute atomic E-state index is 0.0235. The van der Waals surface area contributed by atoms with E-state index in [0.29, 0.717) is 0 Å². The highest BCUT2D eigenvalue weighted by Gasteiger charge is 2.17. The van der Waals surface area contributed by atoms with Gasteiger partial charge in [-0.3, -0.25) is 4.84 Å². The Labute approximate surface area is 75.8 Å². The van der Waals surface area contributed by atoms with E-state index in [0.717, 1.165) is 13.1 Å². The molecule has 0 radical (unpaired) electrons. The van der Waals surface area contributed by atoms with Crippen LogP contribution < -0.4 is 0 Å². The van der Waals surface area contributed by atoms with E-state index in [1.807, 2.05) is 0 Å². The van der Waals surface area contributed by atoms with Crippen LogP contribution in [0.4, 0.5) is 0 Å². The lowest BCUT2D eigenvalue weighted by Crippen LogP contribution is -2.34. The van der Waals surface area contributed by atoms with E-state index in [1.54, 1.807) is 0 Å². The van der Waals surface area contributed by atoms with Gasteiger partial charge in [0, 0.05) is 13.1 Å². The zero-order chi connectivity index (χ0) is 9.03. The van der Waals surface area contributed by atoms with Gasteiger partial charge in [-0.15, -0.1) is 0 Å². The van der Waals surface area contributed by atoms with Crippen molar-refractivity contribution in [2.24, 2.45) is 0 Å². The molecular weight excluding hydrogens is 150 g/mol. The minimum atomic E-state index is -0.0235. The zero-order valence-corrected chi connectivity index (χ0v) is 8.60. The summed E-state index contributed by atoms with van der Waals surface area (Å²) in [5.41, 5.74) is -0.0235. The van der Waals surface area contributed by atoms with E-state index >= 15 is 0 Å². The van der Waals surface area contributed by atoms with Crippen LogP contribution in [-0.4, -0.2) is 23.8 Å². The predicted molar refractivity (Wildman–Crippen MR) is 50.9 cm³/mol. The van der Waals surface area contributed by atoms with E-state index in [-0.39, 0.29) is 5.60 Å². The van der Waals surface area contributed by atoms with Crippen LogP contribution in [0.5, 0.6) is 0 Å². The van der Waals surface area contributed by atoms with Gasteiger partial charge in [0.1, 0.15) is 0 Å². The quantitative estimate of drug-likeness (QED) is 0.601. The molecular formula is C10H21NO. The molecule has 1 rings (SSSR count). The number of rotatable bonds is 1. The number of hydroxylamine groups is 2. The number of hydrogen-bond donors (Lipinski definition) is 0. The lowest BCUT2D eigenvalue weighted by atomic mass is 10.2. The SMILES string of the molecule is CC(C)(C)ON1CCCCCC1. The van der Waals surface area contributed by atoms with Gasteiger partial charge in [-0.2, -0.15) is 5.06 Å². The molecule has 1 aliphatic heterocycles. The summed E-state index contributed by atoms with van der Waals surface area (Å²) in [6, 6.07) is 0. The largest absolute Gasteiger partial charge is 0.293 e. The third-order valence-electron chi connectivity index (χ3n) is 1.97. The van der Waals surface area contributed by atoms with Crippen LogP contribution in [0.25, 0.3) is 0 Å². The van der Waals surface area contributed by atoms with Gasteiger partial charge in [-0.05, 0) is 33.6 Å². The molecule has 0 unspecified atom stereocenters. The lowest BCUT2D eigenvalue weighted by Gasteiger charge is -2.28. The maximum absolute atomic E-state index is 5.79. The second kappa shape index (κ2) is 4.24. The first-order valence-electron chi connectivity index (χ1n) is 5.02. The molecule has 1 heterocycles. The summed E-state index contributed by atoms with van der Waals surface area (Å²) in [7, 11) is 0. The van der Waals surface area contributed by atoms with Gasteiger partial charge in [0.25, 0.3) is 0 Å². The van der Waals surface area contributed by atoms with Crippen molar-refractivity contribution in [1.29, 1.82) is 0 Å². The normalized spacial score (nSPS) is 22.2. The highest BCUT2D eigenvalue weighted by molar-refractivity contribution is 4.61. The summed E-state index contributed by atoms with van der Waals surface area (Å²) in [5, 5.41) is 2.13. The Bertz CT molecular complexity index is 120. The van der Waals surface area contributed by atoms with Crippen molar-refractivity contribution in [3.63, 3.8) is 0 Å². The van der Waals surface area contributed by atoms with Crippen LogP contribution in [0, 0.1) is 0 Å². The Hall–Kier alpha value is -0.0800. The van der Waals surface area contributed by atoms with Gasteiger partial charge < -0.3 is 0 Å². The minimum Gasteiger partial charge on any atom is -0.293 e. The molecule has 0 aromatic rings. The van der Waals surface area contributed by atoms with E-state index in [1.165, 1.54) is 25.7 Å². The first-order valence-corrected chi connectivity index (χ1v) is 5.02. The molecule has 0 atom stereocenters. The Balaban J connectivity index is 2.30. The van der Waals surface area contributed by atoms with Crippen LogP contribution in [0.3, 0.4) is 0 Å². The Kier molecular flexibility index (Phi) is 3.53. The maximum atomic E-state index is 5.79. The summed E-state index contributed by atoms with van der Waals surface area (Å²) < 4.78 is 0. The molecule has 2 heteroatoms. The Morgan fingerprint density at radius 3 is 1.83 bits per heavy atom. The number of hydrogen-bond acceptors (Lipinski definition) is 2. The van der Waals surface area contributed by atoms with E-state index < -0.39 is 0 Å². The fraction of sp³-hybridized carbons (Fsp3) is 1.00. The van der Waals surface area contributed by atoms with Crippen molar-refractivity contribution in [2.45, 2.75) is 52.1 Å². The fourth-order valence-electron chi connectivity index (χ4n) is 1.52. The summed E-state index contributed by atoms with van der Waals surface area (Å²) in [6.07, 6.45) is 5.31. The first-order chi connectivity index (χ1) is 5.58. The molecule has 0 aliphatic carbocycles. The Morgan fingerprint density at radius 2 is 1.42 bits per heavy atom. The van der Waals surface area contributed by atoms with Crippen molar-refractivity contribution in [3.05, 3.63) is 0 Å². The van der Waals surface area contributed by atoms with Crippen molar-refractivity contribution < 1.29 is 4.84 Å². The van der Waals surface area contributed by atoms with Crippen molar-refractivity contribution in [1.82, 2.24) is 5.06 Å². The third kappa shape index (κ3) is 4.07. The van der Waals surface area contributed by atoms with Crippen molar-refractivity contribution in [2.75, 3.05) is 13.1 Å². The molecule has 72 valence electrons. The van der Waals surface area contributed by atoms with Crippen LogP contribution in [0.2, 0.25) is 0 Å². The molecule has 2 nitrogen and oxygen atoms in total. The number of nitrogens with zero attached hydrogens (tertiary/aromatic N) is 1. The third-order valence-corrected chi connectivity index (χ3v) is 1.97. The topological polar surface area (TPSA) is 12.5 Å². The second-order valence-corrected chi connectivity index (χ2v) is 4.55. The van der Waals surface area contributed by atoms with Crippen LogP contribution in [0.1, 0.15) is 46.5 Å². The molecule has 0 spiro atoms. The summed E-state index contributed by atoms with van der Waals surface area (Å²) in [4.78, 5) is 5.79. The van der Waals surface area contributed by atoms with E-state index in [9.17, 15) is 0 Å². The van der Waals surface area contributed by atoms with Gasteiger partial charge >= 0.3 is 0 Å². The molecule has 1 aliphatic rings. The molecule has 1 fully saturated rings. The lowest BCUT2D eigenvalue weighted by molar-refractivity contribution is -0.227. The summed E-state index contributed by atoms with van der Waals surface area (Å²) in [6.45, 7) is 8.54. The first kappa shape index (κ1) is 10.0. The summed E-state index contributed by atoms with van der Waals surface area (Å²) in [5.74, 6) is 0. The molecule has 0 N–H and O–H groups in total. The molecule has 0 bridgehead atoms. The molecule has 0 aromatic carbocycles. The van der Waals surface area contributed by atoms with Crippen LogP contribution >= 0.6 is 0 Å². The van der Waals surface area contributed by atoms with Gasteiger partial charge in [0.05, 0.1) is 5.60 Å². The molecule has 0 amide bonds. The van der Waals surface area contributed by atoms with Gasteiger partial charge in [-0.1, -0.05) is 12.8 Å². The molecule has 12 heavy (non-hydrogen) atoms. The molecule has 0 aromatic heterocycles. The van der Waals surface area contributed by atoms with E-state index in [4.69, 9.17) is 4.84 Å². The second-order valence-electron chi connectivity index (χ2n) is 4.55. The fourth-order valence-corrected chi connectivity index (χ4v) is 1.52. The molecule has 0 saturated carbocycles. The highest BCUT2D eigenvalue weighted by Crippen LogP contribution is 2.15. The van der Waals surface area contributed by atoms with Crippen LogP contribution in [0.15, 0.2) is 0 Å². The Morgan fingerprint density at radius 1 is 0.917 bits per heavy atom. The average molecular weight is 171 g/mol. The summed E-state index contributed by atoms with van der Waals surface area (Å²) >= 11 is 0.